The molecule has 0 aliphatic heterocycles. The smallest absolute Gasteiger partial charge is 0.257 e. The molecule has 132 valence electrons. The van der Waals surface area contributed by atoms with Crippen molar-refractivity contribution in [2.45, 2.75) is 13.3 Å². The fraction of sp³-hybridized carbons (Fsp3) is 0.190. The second-order valence-electron chi connectivity index (χ2n) is 6.20. The molecule has 0 radical (unpaired) electrons. The predicted octanol–water partition coefficient (Wildman–Crippen LogP) is 3.72. The number of likely N-dealkylation sites (N-methyl/N-ethyl adjacent to an activating group) is 1. The van der Waals surface area contributed by atoms with Crippen molar-refractivity contribution in [3.63, 3.8) is 0 Å². The van der Waals surface area contributed by atoms with Crippen LogP contribution in [0, 0.1) is 6.92 Å². The van der Waals surface area contributed by atoms with E-state index in [0.717, 1.165) is 24.2 Å². The van der Waals surface area contributed by atoms with Gasteiger partial charge in [0.25, 0.3) is 5.91 Å². The van der Waals surface area contributed by atoms with Crippen LogP contribution >= 0.6 is 0 Å². The number of rotatable bonds is 6. The van der Waals surface area contributed by atoms with Crippen molar-refractivity contribution in [1.29, 1.82) is 0 Å². The van der Waals surface area contributed by atoms with E-state index in [9.17, 15) is 4.79 Å². The lowest BCUT2D eigenvalue weighted by Gasteiger charge is -2.19. The van der Waals surface area contributed by atoms with E-state index >= 15 is 0 Å². The molecule has 2 heterocycles. The molecule has 1 amide bonds. The maximum absolute atomic E-state index is 12.3. The topological polar surface area (TPSA) is 58.1 Å². The van der Waals surface area contributed by atoms with Gasteiger partial charge in [-0.1, -0.05) is 18.2 Å². The number of amides is 1. The van der Waals surface area contributed by atoms with E-state index in [1.807, 2.05) is 74.9 Å². The van der Waals surface area contributed by atoms with Crippen molar-refractivity contribution in [3.05, 3.63) is 83.8 Å². The van der Waals surface area contributed by atoms with Crippen molar-refractivity contribution in [3.8, 4) is 0 Å². The van der Waals surface area contributed by atoms with Crippen LogP contribution in [0.1, 0.15) is 21.5 Å². The van der Waals surface area contributed by atoms with E-state index in [-0.39, 0.29) is 5.91 Å². The van der Waals surface area contributed by atoms with Gasteiger partial charge in [0.1, 0.15) is 5.82 Å². The summed E-state index contributed by atoms with van der Waals surface area (Å²) in [5, 5.41) is 2.85. The largest absolute Gasteiger partial charge is 0.373 e. The lowest BCUT2D eigenvalue weighted by Crippen LogP contribution is -2.20. The van der Waals surface area contributed by atoms with E-state index < -0.39 is 0 Å². The van der Waals surface area contributed by atoms with E-state index in [2.05, 4.69) is 20.2 Å². The number of aryl methyl sites for hydroxylation is 1. The Morgan fingerprint density at radius 3 is 2.54 bits per heavy atom. The summed E-state index contributed by atoms with van der Waals surface area (Å²) in [6.45, 7) is 2.80. The first-order valence-corrected chi connectivity index (χ1v) is 8.56. The number of aromatic nitrogens is 2. The van der Waals surface area contributed by atoms with Crippen LogP contribution in [-0.2, 0) is 6.42 Å². The third-order valence-electron chi connectivity index (χ3n) is 4.31. The molecule has 26 heavy (non-hydrogen) atoms. The Hall–Kier alpha value is -3.21. The molecule has 5 heteroatoms. The van der Waals surface area contributed by atoms with E-state index in [0.29, 0.717) is 11.4 Å². The van der Waals surface area contributed by atoms with Gasteiger partial charge in [-0.25, -0.2) is 4.98 Å². The van der Waals surface area contributed by atoms with Crippen LogP contribution in [0.15, 0.2) is 67.1 Å². The maximum atomic E-state index is 12.3. The second kappa shape index (κ2) is 8.25. The summed E-state index contributed by atoms with van der Waals surface area (Å²) in [5.41, 5.74) is 3.86. The lowest BCUT2D eigenvalue weighted by atomic mass is 10.1. The van der Waals surface area contributed by atoms with Crippen molar-refractivity contribution in [2.24, 2.45) is 0 Å². The summed E-state index contributed by atoms with van der Waals surface area (Å²) in [7, 11) is 2.03. The maximum Gasteiger partial charge on any atom is 0.257 e. The van der Waals surface area contributed by atoms with E-state index in [1.54, 1.807) is 6.20 Å². The van der Waals surface area contributed by atoms with Gasteiger partial charge in [0.15, 0.2) is 0 Å². The third kappa shape index (κ3) is 4.45. The van der Waals surface area contributed by atoms with Gasteiger partial charge in [-0.15, -0.1) is 0 Å². The number of nitrogens with zero attached hydrogens (tertiary/aromatic N) is 3. The molecular formula is C21H22N4O. The number of nitrogens with one attached hydrogen (secondary N) is 1. The van der Waals surface area contributed by atoms with Crippen molar-refractivity contribution in [1.82, 2.24) is 9.97 Å². The summed E-state index contributed by atoms with van der Waals surface area (Å²) >= 11 is 0. The van der Waals surface area contributed by atoms with Crippen LogP contribution in [0.4, 0.5) is 11.5 Å². The Labute approximate surface area is 153 Å². The zero-order valence-corrected chi connectivity index (χ0v) is 15.0. The Bertz CT molecular complexity index is 863. The molecule has 0 unspecified atom stereocenters. The number of carbonyl (C=O) groups excluding carboxylic acids is 1. The molecule has 0 spiro atoms. The molecule has 0 saturated carbocycles. The van der Waals surface area contributed by atoms with E-state index in [4.69, 9.17) is 0 Å². The van der Waals surface area contributed by atoms with Crippen LogP contribution in [0.5, 0.6) is 0 Å². The molecule has 0 saturated heterocycles. The van der Waals surface area contributed by atoms with Crippen LogP contribution < -0.4 is 10.2 Å². The summed E-state index contributed by atoms with van der Waals surface area (Å²) in [6, 6.07) is 15.3. The summed E-state index contributed by atoms with van der Waals surface area (Å²) in [5.74, 6) is 0.402. The van der Waals surface area contributed by atoms with Gasteiger partial charge < -0.3 is 10.2 Å². The number of pyridine rings is 2. The minimum Gasteiger partial charge on any atom is -0.373 e. The Balaban J connectivity index is 1.59. The molecule has 1 N–H and O–H groups in total. The first-order valence-electron chi connectivity index (χ1n) is 8.56. The van der Waals surface area contributed by atoms with Gasteiger partial charge in [-0.2, -0.15) is 0 Å². The molecule has 3 aromatic rings. The number of benzene rings is 1. The monoisotopic (exact) mass is 346 g/mol. The first-order chi connectivity index (χ1) is 12.6. The molecule has 1 aromatic carbocycles. The molecular weight excluding hydrogens is 324 g/mol. The normalized spacial score (nSPS) is 10.4. The highest BCUT2D eigenvalue weighted by molar-refractivity contribution is 6.04. The molecule has 0 aliphatic carbocycles. The number of carbonyl (C=O) groups is 1. The van der Waals surface area contributed by atoms with Crippen LogP contribution in [0.25, 0.3) is 0 Å². The highest BCUT2D eigenvalue weighted by Gasteiger charge is 2.09. The molecule has 0 aliphatic rings. The zero-order chi connectivity index (χ0) is 18.4. The van der Waals surface area contributed by atoms with Gasteiger partial charge in [-0.3, -0.25) is 9.78 Å². The standard InChI is InChI=1S/C21H22N4O/c1-16-5-3-4-6-19(16)21(26)24-20-8-7-18(15-23-20)25(2)14-11-17-9-12-22-13-10-17/h3-10,12-13,15H,11,14H2,1-2H3,(H,23,24,26). The Morgan fingerprint density at radius 1 is 1.08 bits per heavy atom. The predicted molar refractivity (Wildman–Crippen MR) is 105 cm³/mol. The minimum atomic E-state index is -0.144. The number of hydrogen-bond donors (Lipinski definition) is 1. The summed E-state index contributed by atoms with van der Waals surface area (Å²) in [4.78, 5) is 22.9. The summed E-state index contributed by atoms with van der Waals surface area (Å²) in [6.07, 6.45) is 6.33. The third-order valence-corrected chi connectivity index (χ3v) is 4.31. The Kier molecular flexibility index (Phi) is 5.59. The van der Waals surface area contributed by atoms with Crippen molar-refractivity contribution < 1.29 is 4.79 Å². The first kappa shape index (κ1) is 17.6. The van der Waals surface area contributed by atoms with Gasteiger partial charge in [0, 0.05) is 31.5 Å². The molecule has 2 aromatic heterocycles. The lowest BCUT2D eigenvalue weighted by molar-refractivity contribution is 0.102. The fourth-order valence-electron chi connectivity index (χ4n) is 2.67. The molecule has 0 atom stereocenters. The van der Waals surface area contributed by atoms with Gasteiger partial charge in [0.2, 0.25) is 0 Å². The Morgan fingerprint density at radius 2 is 1.85 bits per heavy atom. The molecule has 0 bridgehead atoms. The van der Waals surface area contributed by atoms with Gasteiger partial charge >= 0.3 is 0 Å². The van der Waals surface area contributed by atoms with Crippen molar-refractivity contribution in [2.75, 3.05) is 23.8 Å². The van der Waals surface area contributed by atoms with Crippen LogP contribution in [0.2, 0.25) is 0 Å². The van der Waals surface area contributed by atoms with Crippen LogP contribution in [-0.4, -0.2) is 29.5 Å². The molecule has 5 nitrogen and oxygen atoms in total. The zero-order valence-electron chi connectivity index (χ0n) is 15.0. The molecule has 3 rings (SSSR count). The van der Waals surface area contributed by atoms with Gasteiger partial charge in [-0.05, 0) is 54.8 Å². The minimum absolute atomic E-state index is 0.144. The quantitative estimate of drug-likeness (QED) is 0.739. The number of hydrogen-bond acceptors (Lipinski definition) is 4. The summed E-state index contributed by atoms with van der Waals surface area (Å²) < 4.78 is 0. The fourth-order valence-corrected chi connectivity index (χ4v) is 2.67. The number of anilines is 2. The average molecular weight is 346 g/mol. The highest BCUT2D eigenvalue weighted by Crippen LogP contribution is 2.16. The van der Waals surface area contributed by atoms with Gasteiger partial charge in [0.05, 0.1) is 11.9 Å². The van der Waals surface area contributed by atoms with Crippen LogP contribution in [0.3, 0.4) is 0 Å². The SMILES string of the molecule is Cc1ccccc1C(=O)Nc1ccc(N(C)CCc2ccncc2)cn1. The average Bonchev–Trinajstić information content (AvgIpc) is 2.68. The highest BCUT2D eigenvalue weighted by atomic mass is 16.1. The molecule has 0 fully saturated rings. The second-order valence-corrected chi connectivity index (χ2v) is 6.20. The van der Waals surface area contributed by atoms with E-state index in [1.165, 1.54) is 5.56 Å². The van der Waals surface area contributed by atoms with Crippen molar-refractivity contribution >= 4 is 17.4 Å².